The zero-order valence-corrected chi connectivity index (χ0v) is 14.8. The van der Waals surface area contributed by atoms with Crippen LogP contribution in [0.5, 0.6) is 5.75 Å². The molecule has 0 radical (unpaired) electrons. The minimum absolute atomic E-state index is 0.0212. The predicted octanol–water partition coefficient (Wildman–Crippen LogP) is 2.18. The number of anilines is 1. The molecule has 0 aliphatic carbocycles. The highest BCUT2D eigenvalue weighted by Gasteiger charge is 2.28. The summed E-state index contributed by atoms with van der Waals surface area (Å²) in [6, 6.07) is 7.37. The molecular weight excluding hydrogens is 350 g/mol. The van der Waals surface area contributed by atoms with Gasteiger partial charge < -0.3 is 14.1 Å². The van der Waals surface area contributed by atoms with Gasteiger partial charge in [0.05, 0.1) is 5.69 Å². The number of rotatable bonds is 4. The summed E-state index contributed by atoms with van der Waals surface area (Å²) in [6.07, 6.45) is 1.53. The lowest BCUT2D eigenvalue weighted by Gasteiger charge is -2.28. The highest BCUT2D eigenvalue weighted by Crippen LogP contribution is 2.33. The van der Waals surface area contributed by atoms with Crippen LogP contribution in [-0.4, -0.2) is 34.4 Å². The van der Waals surface area contributed by atoms with Crippen molar-refractivity contribution in [3.05, 3.63) is 52.6 Å². The SMILES string of the molecule is CCN1C(=O)COc2ccc(C(=O)C(C)n3c(=O)oc4cccnc43)cc21. The molecule has 138 valence electrons. The summed E-state index contributed by atoms with van der Waals surface area (Å²) in [5, 5.41) is 0. The average molecular weight is 367 g/mol. The van der Waals surface area contributed by atoms with Crippen LogP contribution < -0.4 is 15.4 Å². The number of aromatic nitrogens is 2. The molecule has 0 spiro atoms. The topological polar surface area (TPSA) is 94.6 Å². The van der Waals surface area contributed by atoms with Gasteiger partial charge in [-0.05, 0) is 44.2 Å². The number of pyridine rings is 1. The maximum absolute atomic E-state index is 13.0. The largest absolute Gasteiger partial charge is 0.482 e. The molecule has 2 aromatic heterocycles. The Labute approximate surface area is 154 Å². The first-order valence-corrected chi connectivity index (χ1v) is 8.58. The van der Waals surface area contributed by atoms with Crippen molar-refractivity contribution in [1.82, 2.24) is 9.55 Å². The van der Waals surface area contributed by atoms with Crippen LogP contribution >= 0.6 is 0 Å². The minimum Gasteiger partial charge on any atom is -0.482 e. The van der Waals surface area contributed by atoms with E-state index in [1.54, 1.807) is 42.2 Å². The van der Waals surface area contributed by atoms with E-state index < -0.39 is 11.8 Å². The first-order chi connectivity index (χ1) is 13.0. The molecule has 1 amide bonds. The van der Waals surface area contributed by atoms with E-state index in [1.165, 1.54) is 10.8 Å². The molecule has 8 nitrogen and oxygen atoms in total. The monoisotopic (exact) mass is 367 g/mol. The van der Waals surface area contributed by atoms with Crippen molar-refractivity contribution in [2.75, 3.05) is 18.1 Å². The molecule has 0 saturated heterocycles. The summed E-state index contributed by atoms with van der Waals surface area (Å²) in [5.41, 5.74) is 1.56. The molecule has 1 aliphatic rings. The molecule has 8 heteroatoms. The Hall–Kier alpha value is -3.42. The van der Waals surface area contributed by atoms with Crippen LogP contribution in [0.2, 0.25) is 0 Å². The van der Waals surface area contributed by atoms with Gasteiger partial charge >= 0.3 is 5.76 Å². The van der Waals surface area contributed by atoms with Crippen LogP contribution in [0.4, 0.5) is 5.69 Å². The second kappa shape index (κ2) is 6.39. The number of fused-ring (bicyclic) bond motifs is 2. The third-order valence-electron chi connectivity index (χ3n) is 4.64. The van der Waals surface area contributed by atoms with Crippen LogP contribution in [0.1, 0.15) is 30.2 Å². The lowest BCUT2D eigenvalue weighted by Crippen LogP contribution is -2.38. The van der Waals surface area contributed by atoms with Crippen molar-refractivity contribution >= 4 is 28.6 Å². The second-order valence-corrected chi connectivity index (χ2v) is 6.21. The Bertz CT molecular complexity index is 1110. The van der Waals surface area contributed by atoms with Crippen LogP contribution in [0.3, 0.4) is 0 Å². The average Bonchev–Trinajstić information content (AvgIpc) is 3.02. The maximum atomic E-state index is 13.0. The maximum Gasteiger partial charge on any atom is 0.421 e. The van der Waals surface area contributed by atoms with E-state index in [0.717, 1.165) is 0 Å². The lowest BCUT2D eigenvalue weighted by atomic mass is 10.0. The summed E-state index contributed by atoms with van der Waals surface area (Å²) in [6.45, 7) is 3.92. The van der Waals surface area contributed by atoms with Gasteiger partial charge in [-0.1, -0.05) is 0 Å². The van der Waals surface area contributed by atoms with Crippen LogP contribution in [-0.2, 0) is 4.79 Å². The number of hydrogen-bond acceptors (Lipinski definition) is 6. The fourth-order valence-electron chi connectivity index (χ4n) is 3.27. The Morgan fingerprint density at radius 1 is 1.30 bits per heavy atom. The Balaban J connectivity index is 1.75. The van der Waals surface area contributed by atoms with Gasteiger partial charge in [-0.25, -0.2) is 14.3 Å². The van der Waals surface area contributed by atoms with Crippen molar-refractivity contribution in [1.29, 1.82) is 0 Å². The van der Waals surface area contributed by atoms with Gasteiger partial charge in [-0.2, -0.15) is 0 Å². The smallest absolute Gasteiger partial charge is 0.421 e. The number of amides is 1. The van der Waals surface area contributed by atoms with Crippen molar-refractivity contribution < 1.29 is 18.7 Å². The molecule has 3 aromatic rings. The Morgan fingerprint density at radius 2 is 2.11 bits per heavy atom. The van der Waals surface area contributed by atoms with Crippen molar-refractivity contribution in [3.8, 4) is 5.75 Å². The van der Waals surface area contributed by atoms with Crippen LogP contribution in [0, 0.1) is 0 Å². The van der Waals surface area contributed by atoms with Crippen molar-refractivity contribution in [2.24, 2.45) is 0 Å². The van der Waals surface area contributed by atoms with E-state index in [2.05, 4.69) is 4.98 Å². The number of likely N-dealkylation sites (N-methyl/N-ethyl adjacent to an activating group) is 1. The normalized spacial score (nSPS) is 14.7. The zero-order chi connectivity index (χ0) is 19.1. The van der Waals surface area contributed by atoms with E-state index in [4.69, 9.17) is 9.15 Å². The van der Waals surface area contributed by atoms with Gasteiger partial charge in [-0.3, -0.25) is 9.59 Å². The van der Waals surface area contributed by atoms with E-state index in [0.29, 0.717) is 34.8 Å². The second-order valence-electron chi connectivity index (χ2n) is 6.21. The molecule has 3 heterocycles. The third kappa shape index (κ3) is 2.69. The summed E-state index contributed by atoms with van der Waals surface area (Å²) in [5.74, 6) is -0.546. The number of ether oxygens (including phenoxy) is 1. The molecule has 0 saturated carbocycles. The van der Waals surface area contributed by atoms with Crippen LogP contribution in [0.25, 0.3) is 11.2 Å². The number of nitrogens with zero attached hydrogens (tertiary/aromatic N) is 3. The molecule has 1 atom stereocenters. The minimum atomic E-state index is -0.818. The number of carbonyl (C=O) groups is 2. The number of Topliss-reactive ketones (excluding diaryl/α,β-unsaturated/α-hetero) is 1. The molecule has 0 N–H and O–H groups in total. The number of benzene rings is 1. The summed E-state index contributed by atoms with van der Waals surface area (Å²) in [4.78, 5) is 43.0. The summed E-state index contributed by atoms with van der Waals surface area (Å²) >= 11 is 0. The van der Waals surface area contributed by atoms with Crippen LogP contribution in [0.15, 0.2) is 45.7 Å². The van der Waals surface area contributed by atoms with E-state index in [9.17, 15) is 14.4 Å². The van der Waals surface area contributed by atoms with Gasteiger partial charge in [-0.15, -0.1) is 0 Å². The van der Waals surface area contributed by atoms with Crippen molar-refractivity contribution in [2.45, 2.75) is 19.9 Å². The van der Waals surface area contributed by atoms with E-state index in [1.807, 2.05) is 6.92 Å². The molecule has 27 heavy (non-hydrogen) atoms. The Morgan fingerprint density at radius 3 is 2.89 bits per heavy atom. The van der Waals surface area contributed by atoms with E-state index in [-0.39, 0.29) is 18.3 Å². The first kappa shape index (κ1) is 17.0. The Kier molecular flexibility index (Phi) is 4.02. The summed E-state index contributed by atoms with van der Waals surface area (Å²) < 4.78 is 11.8. The molecule has 0 fully saturated rings. The molecule has 1 unspecified atom stereocenters. The lowest BCUT2D eigenvalue weighted by molar-refractivity contribution is -0.121. The summed E-state index contributed by atoms with van der Waals surface area (Å²) in [7, 11) is 0. The molecule has 1 aromatic carbocycles. The third-order valence-corrected chi connectivity index (χ3v) is 4.64. The van der Waals surface area contributed by atoms with Gasteiger partial charge in [0.1, 0.15) is 11.8 Å². The highest BCUT2D eigenvalue weighted by molar-refractivity contribution is 6.03. The van der Waals surface area contributed by atoms with Crippen molar-refractivity contribution in [3.63, 3.8) is 0 Å². The predicted molar refractivity (Wildman–Crippen MR) is 97.3 cm³/mol. The number of ketones is 1. The van der Waals surface area contributed by atoms with Gasteiger partial charge in [0, 0.05) is 18.3 Å². The van der Waals surface area contributed by atoms with Gasteiger partial charge in [0.25, 0.3) is 5.91 Å². The number of hydrogen-bond donors (Lipinski definition) is 0. The molecule has 0 bridgehead atoms. The fourth-order valence-corrected chi connectivity index (χ4v) is 3.27. The molecular formula is C19H17N3O5. The highest BCUT2D eigenvalue weighted by atomic mass is 16.5. The quantitative estimate of drug-likeness (QED) is 0.656. The fraction of sp³-hybridized carbons (Fsp3) is 0.263. The molecule has 1 aliphatic heterocycles. The first-order valence-electron chi connectivity index (χ1n) is 8.58. The standard InChI is InChI=1S/C19H17N3O5/c1-3-21-13-9-12(6-7-14(13)26-10-16(21)23)17(24)11(2)22-18-15(27-19(22)25)5-4-8-20-18/h4-9,11H,3,10H2,1-2H3. The van der Waals surface area contributed by atoms with E-state index >= 15 is 0 Å². The number of carbonyl (C=O) groups excluding carboxylic acids is 2. The zero-order valence-electron chi connectivity index (χ0n) is 14.8. The van der Waals surface area contributed by atoms with Gasteiger partial charge in [0.15, 0.2) is 23.6 Å². The molecule has 4 rings (SSSR count). The number of oxazole rings is 1. The van der Waals surface area contributed by atoms with Gasteiger partial charge in [0.2, 0.25) is 0 Å².